The molecule has 0 bridgehead atoms. The third kappa shape index (κ3) is 4.96. The summed E-state index contributed by atoms with van der Waals surface area (Å²) < 4.78 is 1.80. The van der Waals surface area contributed by atoms with Crippen molar-refractivity contribution < 1.29 is 19.8 Å². The molecular weight excluding hydrogens is 431 g/mol. The molecule has 0 fully saturated rings. The Kier molecular flexibility index (Phi) is 6.01. The van der Waals surface area contributed by atoms with Gasteiger partial charge in [-0.1, -0.05) is 0 Å². The first-order valence-corrected chi connectivity index (χ1v) is 7.12. The van der Waals surface area contributed by atoms with Crippen LogP contribution in [0.5, 0.6) is 0 Å². The van der Waals surface area contributed by atoms with Crippen molar-refractivity contribution in [1.82, 2.24) is 5.32 Å². The van der Waals surface area contributed by atoms with E-state index in [0.717, 1.165) is 8.04 Å². The number of aliphatic hydroxyl groups is 1. The molecule has 1 aromatic rings. The van der Waals surface area contributed by atoms with Crippen LogP contribution in [0.15, 0.2) is 22.7 Å². The van der Waals surface area contributed by atoms with E-state index in [2.05, 4.69) is 49.2 Å². The number of carbonyl (C=O) groups is 2. The van der Waals surface area contributed by atoms with Gasteiger partial charge in [-0.2, -0.15) is 0 Å². The Bertz CT molecular complexity index is 496. The summed E-state index contributed by atoms with van der Waals surface area (Å²) in [5, 5.41) is 22.8. The fraction of sp³-hybridized carbons (Fsp3) is 0.273. The summed E-state index contributed by atoms with van der Waals surface area (Å²) in [4.78, 5) is 22.4. The zero-order valence-corrected chi connectivity index (χ0v) is 13.6. The van der Waals surface area contributed by atoms with E-state index < -0.39 is 24.1 Å². The van der Waals surface area contributed by atoms with Gasteiger partial charge >= 0.3 is 12.0 Å². The van der Waals surface area contributed by atoms with Gasteiger partial charge in [0.05, 0.1) is 6.10 Å². The molecule has 2 amide bonds. The summed E-state index contributed by atoms with van der Waals surface area (Å²) >= 11 is 5.42. The number of aliphatic carboxylic acids is 1. The molecule has 2 unspecified atom stereocenters. The molecule has 6 nitrogen and oxygen atoms in total. The topological polar surface area (TPSA) is 98.7 Å². The number of urea groups is 1. The molecule has 0 aliphatic rings. The van der Waals surface area contributed by atoms with Crippen LogP contribution in [-0.4, -0.2) is 34.4 Å². The number of aliphatic hydroxyl groups excluding tert-OH is 1. The number of benzene rings is 1. The minimum atomic E-state index is -1.35. The largest absolute Gasteiger partial charge is 0.480 e. The third-order valence-electron chi connectivity index (χ3n) is 2.21. The highest BCUT2D eigenvalue weighted by molar-refractivity contribution is 14.1. The van der Waals surface area contributed by atoms with Crippen LogP contribution in [0, 0.1) is 3.57 Å². The molecule has 1 rings (SSSR count). The van der Waals surface area contributed by atoms with E-state index in [1.807, 2.05) is 0 Å². The van der Waals surface area contributed by atoms with E-state index >= 15 is 0 Å². The van der Waals surface area contributed by atoms with Crippen LogP contribution >= 0.6 is 38.5 Å². The molecule has 4 N–H and O–H groups in total. The van der Waals surface area contributed by atoms with Crippen molar-refractivity contribution in [2.45, 2.75) is 19.1 Å². The van der Waals surface area contributed by atoms with Crippen molar-refractivity contribution in [2.75, 3.05) is 5.32 Å². The number of carboxylic acid groups (broad SMARTS) is 1. The molecule has 0 heterocycles. The van der Waals surface area contributed by atoms with Crippen molar-refractivity contribution in [2.24, 2.45) is 0 Å². The number of rotatable bonds is 4. The zero-order valence-electron chi connectivity index (χ0n) is 9.85. The van der Waals surface area contributed by atoms with Gasteiger partial charge < -0.3 is 20.8 Å². The predicted octanol–water partition coefficient (Wildman–Crippen LogP) is 2.01. The first kappa shape index (κ1) is 16.2. The van der Waals surface area contributed by atoms with Crippen LogP contribution in [-0.2, 0) is 4.79 Å². The SMILES string of the molecule is CC(O)C(NC(=O)Nc1ccc(Br)c(I)c1)C(=O)O. The quantitative estimate of drug-likeness (QED) is 0.536. The molecule has 0 aliphatic carbocycles. The number of carbonyl (C=O) groups excluding carboxylic acids is 1. The van der Waals surface area contributed by atoms with Gasteiger partial charge in [-0.3, -0.25) is 0 Å². The first-order valence-electron chi connectivity index (χ1n) is 5.24. The van der Waals surface area contributed by atoms with E-state index in [9.17, 15) is 14.7 Å². The van der Waals surface area contributed by atoms with Gasteiger partial charge in [0.2, 0.25) is 0 Å². The Morgan fingerprint density at radius 1 is 1.42 bits per heavy atom. The number of nitrogens with one attached hydrogen (secondary N) is 2. The maximum absolute atomic E-state index is 11.6. The molecule has 0 saturated heterocycles. The van der Waals surface area contributed by atoms with E-state index in [0.29, 0.717) is 5.69 Å². The normalized spacial score (nSPS) is 13.5. The number of halogens is 2. The van der Waals surface area contributed by atoms with Gasteiger partial charge in [-0.25, -0.2) is 9.59 Å². The van der Waals surface area contributed by atoms with Gasteiger partial charge in [0, 0.05) is 13.7 Å². The molecule has 19 heavy (non-hydrogen) atoms. The Morgan fingerprint density at radius 3 is 2.53 bits per heavy atom. The maximum Gasteiger partial charge on any atom is 0.328 e. The Hall–Kier alpha value is -0.870. The lowest BCUT2D eigenvalue weighted by Gasteiger charge is -2.17. The van der Waals surface area contributed by atoms with Crippen LogP contribution in [0.4, 0.5) is 10.5 Å². The number of amides is 2. The number of hydrogen-bond acceptors (Lipinski definition) is 3. The van der Waals surface area contributed by atoms with Crippen molar-refractivity contribution in [3.63, 3.8) is 0 Å². The van der Waals surface area contributed by atoms with Gasteiger partial charge in [0.1, 0.15) is 0 Å². The van der Waals surface area contributed by atoms with Crippen molar-refractivity contribution in [3.8, 4) is 0 Å². The Balaban J connectivity index is 2.69. The summed E-state index contributed by atoms with van der Waals surface area (Å²) in [6.45, 7) is 1.29. The van der Waals surface area contributed by atoms with E-state index in [-0.39, 0.29) is 0 Å². The maximum atomic E-state index is 11.6. The fourth-order valence-corrected chi connectivity index (χ4v) is 2.03. The van der Waals surface area contributed by atoms with Crippen LogP contribution in [0.25, 0.3) is 0 Å². The van der Waals surface area contributed by atoms with Gasteiger partial charge in [0.15, 0.2) is 6.04 Å². The molecular formula is C11H12BrIN2O4. The molecule has 0 saturated carbocycles. The average Bonchev–Trinajstić information content (AvgIpc) is 2.30. The zero-order chi connectivity index (χ0) is 14.6. The molecule has 2 atom stereocenters. The summed E-state index contributed by atoms with van der Waals surface area (Å²) in [6.07, 6.45) is -1.19. The monoisotopic (exact) mass is 442 g/mol. The lowest BCUT2D eigenvalue weighted by Crippen LogP contribution is -2.49. The van der Waals surface area contributed by atoms with Crippen molar-refractivity contribution >= 4 is 56.2 Å². The molecule has 8 heteroatoms. The molecule has 0 radical (unpaired) electrons. The molecule has 0 aromatic heterocycles. The van der Waals surface area contributed by atoms with E-state index in [1.54, 1.807) is 18.2 Å². The third-order valence-corrected chi connectivity index (χ3v) is 4.54. The summed E-state index contributed by atoms with van der Waals surface area (Å²) in [6, 6.07) is 3.12. The van der Waals surface area contributed by atoms with Gasteiger partial charge in [0.25, 0.3) is 0 Å². The number of carboxylic acids is 1. The first-order chi connectivity index (χ1) is 8.81. The predicted molar refractivity (Wildman–Crippen MR) is 82.1 cm³/mol. The van der Waals surface area contributed by atoms with Crippen LogP contribution in [0.1, 0.15) is 6.92 Å². The second-order valence-corrected chi connectivity index (χ2v) is 5.80. The standard InChI is InChI=1S/C11H12BrIN2O4/c1-5(16)9(10(17)18)15-11(19)14-6-2-3-7(12)8(13)4-6/h2-5,9,16H,1H3,(H,17,18)(H2,14,15,19). The Labute approximate surface area is 131 Å². The summed E-state index contributed by atoms with van der Waals surface area (Å²) in [5.41, 5.74) is 0.528. The number of hydrogen-bond donors (Lipinski definition) is 4. The van der Waals surface area contributed by atoms with Crippen LogP contribution in [0.3, 0.4) is 0 Å². The number of anilines is 1. The highest BCUT2D eigenvalue weighted by Crippen LogP contribution is 2.22. The summed E-state index contributed by atoms with van der Waals surface area (Å²) in [5.74, 6) is -1.30. The van der Waals surface area contributed by atoms with Crippen LogP contribution < -0.4 is 10.6 Å². The van der Waals surface area contributed by atoms with Crippen LogP contribution in [0.2, 0.25) is 0 Å². The van der Waals surface area contributed by atoms with Crippen molar-refractivity contribution in [3.05, 3.63) is 26.2 Å². The second-order valence-electron chi connectivity index (χ2n) is 3.78. The smallest absolute Gasteiger partial charge is 0.328 e. The minimum absolute atomic E-state index is 0.528. The molecule has 1 aromatic carbocycles. The molecule has 104 valence electrons. The minimum Gasteiger partial charge on any atom is -0.480 e. The fourth-order valence-electron chi connectivity index (χ4n) is 1.27. The van der Waals surface area contributed by atoms with E-state index in [1.165, 1.54) is 6.92 Å². The van der Waals surface area contributed by atoms with Gasteiger partial charge in [-0.05, 0) is 63.6 Å². The van der Waals surface area contributed by atoms with Crippen molar-refractivity contribution in [1.29, 1.82) is 0 Å². The highest BCUT2D eigenvalue weighted by Gasteiger charge is 2.24. The lowest BCUT2D eigenvalue weighted by molar-refractivity contribution is -0.141. The summed E-state index contributed by atoms with van der Waals surface area (Å²) in [7, 11) is 0. The average molecular weight is 443 g/mol. The van der Waals surface area contributed by atoms with Gasteiger partial charge in [-0.15, -0.1) is 0 Å². The second kappa shape index (κ2) is 7.06. The lowest BCUT2D eigenvalue weighted by atomic mass is 10.2. The molecule has 0 spiro atoms. The van der Waals surface area contributed by atoms with E-state index in [4.69, 9.17) is 5.11 Å². The molecule has 0 aliphatic heterocycles. The highest BCUT2D eigenvalue weighted by atomic mass is 127. The Morgan fingerprint density at radius 2 is 2.05 bits per heavy atom.